The number of nitrogens with zero attached hydrogens (tertiary/aromatic N) is 1. The van der Waals surface area contributed by atoms with Crippen LogP contribution in [0.25, 0.3) is 0 Å². The molecule has 0 aliphatic carbocycles. The summed E-state index contributed by atoms with van der Waals surface area (Å²) in [5.74, 6) is -0.386. The van der Waals surface area contributed by atoms with Crippen LogP contribution in [0.3, 0.4) is 0 Å². The first-order valence-electron chi connectivity index (χ1n) is 4.84. The lowest BCUT2D eigenvalue weighted by molar-refractivity contribution is -0.104. The first-order valence-corrected chi connectivity index (χ1v) is 5.92. The van der Waals surface area contributed by atoms with Crippen molar-refractivity contribution in [2.75, 3.05) is 0 Å². The van der Waals surface area contributed by atoms with Crippen molar-refractivity contribution in [2.24, 2.45) is 5.18 Å². The van der Waals surface area contributed by atoms with Gasteiger partial charge in [-0.05, 0) is 59.3 Å². The largest absolute Gasteiger partial charge is 0.298 e. The first kappa shape index (κ1) is 13.7. The van der Waals surface area contributed by atoms with E-state index >= 15 is 0 Å². The Labute approximate surface area is 112 Å². The number of carbonyl (C=O) groups is 2. The molecule has 0 aromatic heterocycles. The van der Waals surface area contributed by atoms with Crippen molar-refractivity contribution >= 4 is 40.3 Å². The molecule has 1 rings (SSSR count). The molecule has 0 aliphatic heterocycles. The van der Waals surface area contributed by atoms with Crippen LogP contribution in [0.2, 0.25) is 0 Å². The molecule has 1 aromatic rings. The number of allylic oxidation sites excluding steroid dienone is 2. The van der Waals surface area contributed by atoms with Crippen molar-refractivity contribution in [2.45, 2.75) is 13.8 Å². The molecule has 0 saturated heterocycles. The van der Waals surface area contributed by atoms with Crippen LogP contribution < -0.4 is 0 Å². The summed E-state index contributed by atoms with van der Waals surface area (Å²) in [6.07, 6.45) is 1.96. The van der Waals surface area contributed by atoms with Crippen molar-refractivity contribution in [1.82, 2.24) is 0 Å². The number of hydrogen-bond acceptors (Lipinski definition) is 4. The van der Waals surface area contributed by atoms with E-state index in [1.54, 1.807) is 26.0 Å². The fourth-order valence-corrected chi connectivity index (χ4v) is 2.01. The van der Waals surface area contributed by atoms with E-state index in [9.17, 15) is 14.5 Å². The highest BCUT2D eigenvalue weighted by Gasteiger charge is 2.16. The molecule has 0 heterocycles. The van der Waals surface area contributed by atoms with Gasteiger partial charge in [0.2, 0.25) is 0 Å². The second-order valence-electron chi connectivity index (χ2n) is 3.38. The quantitative estimate of drug-likeness (QED) is 0.160. The average Bonchev–Trinajstić information content (AvgIpc) is 2.33. The third-order valence-corrected chi connectivity index (χ3v) is 3.01. The lowest BCUT2D eigenvalue weighted by atomic mass is 9.98. The van der Waals surface area contributed by atoms with Gasteiger partial charge in [0.1, 0.15) is 5.69 Å². The van der Waals surface area contributed by atoms with E-state index in [1.165, 1.54) is 6.08 Å². The second-order valence-corrected chi connectivity index (χ2v) is 4.63. The summed E-state index contributed by atoms with van der Waals surface area (Å²) in [7, 11) is 0. The molecule has 0 fully saturated rings. The maximum atomic E-state index is 12.0. The third kappa shape index (κ3) is 2.85. The summed E-state index contributed by atoms with van der Waals surface area (Å²) in [5, 5.41) is 2.87. The smallest absolute Gasteiger partial charge is 0.196 e. The predicted octanol–water partition coefficient (Wildman–Crippen LogP) is 3.33. The average molecular weight is 343 g/mol. The molecule has 0 unspecified atom stereocenters. The lowest BCUT2D eigenvalue weighted by Crippen LogP contribution is -2.07. The van der Waals surface area contributed by atoms with Crippen LogP contribution in [-0.2, 0) is 4.79 Å². The number of rotatable bonds is 4. The van der Waals surface area contributed by atoms with Gasteiger partial charge in [0, 0.05) is 9.13 Å². The molecule has 0 aliphatic rings. The highest BCUT2D eigenvalue weighted by molar-refractivity contribution is 14.1. The van der Waals surface area contributed by atoms with Crippen molar-refractivity contribution in [3.8, 4) is 0 Å². The van der Waals surface area contributed by atoms with Gasteiger partial charge in [-0.1, -0.05) is 6.08 Å². The molecule has 0 radical (unpaired) electrons. The number of hydrogen-bond donors (Lipinski definition) is 0. The van der Waals surface area contributed by atoms with E-state index in [1.807, 2.05) is 22.6 Å². The molecule has 0 atom stereocenters. The van der Waals surface area contributed by atoms with Gasteiger partial charge < -0.3 is 0 Å². The van der Waals surface area contributed by atoms with E-state index in [4.69, 9.17) is 0 Å². The molecule has 4 nitrogen and oxygen atoms in total. The Bertz CT molecular complexity index is 521. The summed E-state index contributed by atoms with van der Waals surface area (Å²) in [6, 6.07) is 3.23. The van der Waals surface area contributed by atoms with Crippen molar-refractivity contribution < 1.29 is 9.59 Å². The molecule has 5 heteroatoms. The van der Waals surface area contributed by atoms with E-state index in [2.05, 4.69) is 5.18 Å². The zero-order valence-corrected chi connectivity index (χ0v) is 11.5. The molecular formula is C12H10INO3. The van der Waals surface area contributed by atoms with Crippen LogP contribution in [0.1, 0.15) is 22.8 Å². The van der Waals surface area contributed by atoms with Gasteiger partial charge in [-0.25, -0.2) is 0 Å². The zero-order valence-electron chi connectivity index (χ0n) is 9.36. The predicted molar refractivity (Wildman–Crippen MR) is 73.5 cm³/mol. The van der Waals surface area contributed by atoms with E-state index in [0.717, 1.165) is 3.57 Å². The van der Waals surface area contributed by atoms with Gasteiger partial charge in [0.25, 0.3) is 0 Å². The van der Waals surface area contributed by atoms with Crippen molar-refractivity contribution in [3.05, 3.63) is 43.4 Å². The SMILES string of the molecule is C/C=C(\C=O)C(=O)c1cc(I)cc(N=O)c1C. The van der Waals surface area contributed by atoms with Gasteiger partial charge >= 0.3 is 0 Å². The van der Waals surface area contributed by atoms with Crippen molar-refractivity contribution in [3.63, 3.8) is 0 Å². The minimum atomic E-state index is -0.386. The normalized spacial score (nSPS) is 11.1. The van der Waals surface area contributed by atoms with Crippen molar-refractivity contribution in [1.29, 1.82) is 0 Å². The molecule has 17 heavy (non-hydrogen) atoms. The maximum absolute atomic E-state index is 12.0. The number of ketones is 1. The van der Waals surface area contributed by atoms with Gasteiger partial charge in [-0.2, -0.15) is 0 Å². The van der Waals surface area contributed by atoms with Gasteiger partial charge in [-0.3, -0.25) is 9.59 Å². The molecule has 1 aromatic carbocycles. The standard InChI is InChI=1S/C12H10INO3/c1-3-8(6-15)12(16)10-4-9(13)5-11(14-17)7(10)2/h3-6H,1-2H3/b8-3+. The Balaban J connectivity index is 3.41. The minimum absolute atomic E-state index is 0.0759. The number of Topliss-reactive ketones (excluding diaryl/α,β-unsaturated/α-hetero) is 1. The number of carbonyl (C=O) groups excluding carboxylic acids is 2. The van der Waals surface area contributed by atoms with E-state index in [0.29, 0.717) is 17.4 Å². The Morgan fingerprint density at radius 2 is 2.06 bits per heavy atom. The number of halogens is 1. The Morgan fingerprint density at radius 3 is 2.53 bits per heavy atom. The number of nitroso groups, excluding NO2 is 1. The van der Waals surface area contributed by atoms with E-state index < -0.39 is 0 Å². The zero-order chi connectivity index (χ0) is 13.0. The summed E-state index contributed by atoms with van der Waals surface area (Å²) in [4.78, 5) is 33.3. The molecule has 0 bridgehead atoms. The number of benzene rings is 1. The monoisotopic (exact) mass is 343 g/mol. The first-order chi connectivity index (χ1) is 8.04. The minimum Gasteiger partial charge on any atom is -0.298 e. The Kier molecular flexibility index (Phi) is 4.68. The summed E-state index contributed by atoms with van der Waals surface area (Å²) < 4.78 is 0.729. The van der Waals surface area contributed by atoms with Gasteiger partial charge in [0.05, 0.1) is 5.57 Å². The second kappa shape index (κ2) is 5.81. The molecule has 88 valence electrons. The van der Waals surface area contributed by atoms with Crippen LogP contribution in [0.15, 0.2) is 29.0 Å². The highest BCUT2D eigenvalue weighted by Crippen LogP contribution is 2.26. The van der Waals surface area contributed by atoms with Crippen LogP contribution >= 0.6 is 22.6 Å². The highest BCUT2D eigenvalue weighted by atomic mass is 127. The fourth-order valence-electron chi connectivity index (χ4n) is 1.40. The van der Waals surface area contributed by atoms with Gasteiger partial charge in [0.15, 0.2) is 12.1 Å². The van der Waals surface area contributed by atoms with Gasteiger partial charge in [-0.15, -0.1) is 4.91 Å². The third-order valence-electron chi connectivity index (χ3n) is 2.39. The Morgan fingerprint density at radius 1 is 1.41 bits per heavy atom. The van der Waals surface area contributed by atoms with Crippen LogP contribution in [0.4, 0.5) is 5.69 Å². The van der Waals surface area contributed by atoms with Crippen LogP contribution in [0.5, 0.6) is 0 Å². The summed E-state index contributed by atoms with van der Waals surface area (Å²) in [5.41, 5.74) is 1.13. The molecule has 0 N–H and O–H groups in total. The summed E-state index contributed by atoms with van der Waals surface area (Å²) >= 11 is 1.99. The molecule has 0 spiro atoms. The van der Waals surface area contributed by atoms with Crippen LogP contribution in [0, 0.1) is 15.4 Å². The Hall–Kier alpha value is -1.37. The number of aldehydes is 1. The molecular weight excluding hydrogens is 333 g/mol. The van der Waals surface area contributed by atoms with E-state index in [-0.39, 0.29) is 17.0 Å². The summed E-state index contributed by atoms with van der Waals surface area (Å²) in [6.45, 7) is 3.25. The lowest BCUT2D eigenvalue weighted by Gasteiger charge is -2.07. The molecule has 0 saturated carbocycles. The molecule has 0 amide bonds. The maximum Gasteiger partial charge on any atom is 0.196 e. The fraction of sp³-hybridized carbons (Fsp3) is 0.167. The topological polar surface area (TPSA) is 63.6 Å². The van der Waals surface area contributed by atoms with Crippen LogP contribution in [-0.4, -0.2) is 12.1 Å².